The number of rotatable bonds is 4. The summed E-state index contributed by atoms with van der Waals surface area (Å²) in [5.74, 6) is 1.69. The van der Waals surface area contributed by atoms with Crippen molar-refractivity contribution in [1.82, 2.24) is 14.8 Å². The zero-order valence-corrected chi connectivity index (χ0v) is 13.1. The van der Waals surface area contributed by atoms with Crippen LogP contribution in [0.2, 0.25) is 0 Å². The molecule has 1 saturated heterocycles. The van der Waals surface area contributed by atoms with Crippen LogP contribution in [0.4, 0.5) is 0 Å². The average molecular weight is 311 g/mol. The monoisotopic (exact) mass is 311 g/mol. The highest BCUT2D eigenvalue weighted by atomic mass is 16.3. The van der Waals surface area contributed by atoms with Gasteiger partial charge in [0.15, 0.2) is 0 Å². The van der Waals surface area contributed by atoms with Gasteiger partial charge in [-0.3, -0.25) is 14.7 Å². The Morgan fingerprint density at radius 3 is 2.65 bits per heavy atom. The van der Waals surface area contributed by atoms with E-state index in [0.717, 1.165) is 44.9 Å². The summed E-state index contributed by atoms with van der Waals surface area (Å²) in [7, 11) is 0. The molecule has 5 heteroatoms. The second-order valence-corrected chi connectivity index (χ2v) is 6.42. The van der Waals surface area contributed by atoms with E-state index in [1.165, 1.54) is 5.56 Å². The largest absolute Gasteiger partial charge is 0.469 e. The second kappa shape index (κ2) is 6.16. The van der Waals surface area contributed by atoms with E-state index in [1.807, 2.05) is 29.4 Å². The Balaban J connectivity index is 1.28. The van der Waals surface area contributed by atoms with Gasteiger partial charge < -0.3 is 9.32 Å². The Kier molecular flexibility index (Phi) is 3.87. The summed E-state index contributed by atoms with van der Waals surface area (Å²) < 4.78 is 5.42. The average Bonchev–Trinajstić information content (AvgIpc) is 3.21. The first-order valence-electron chi connectivity index (χ1n) is 8.25. The molecule has 2 aromatic heterocycles. The molecule has 1 aliphatic heterocycles. The third-order valence-electron chi connectivity index (χ3n) is 4.86. The standard InChI is InChI=1S/C18H21N3O2/c22-18(16-12-15(16)17-2-1-11-23-17)21-9-7-20(8-10-21)13-14-3-5-19-6-4-14/h1-6,11,15-16H,7-10,12-13H2/t15-,16-/m1/s1. The van der Waals surface area contributed by atoms with Crippen LogP contribution < -0.4 is 0 Å². The smallest absolute Gasteiger partial charge is 0.226 e. The number of carbonyl (C=O) groups excluding carboxylic acids is 1. The van der Waals surface area contributed by atoms with Gasteiger partial charge in [0.25, 0.3) is 0 Å². The molecule has 0 bridgehead atoms. The van der Waals surface area contributed by atoms with Gasteiger partial charge in [0.05, 0.1) is 6.26 Å². The van der Waals surface area contributed by atoms with Crippen LogP contribution in [0.15, 0.2) is 47.3 Å². The maximum Gasteiger partial charge on any atom is 0.226 e. The lowest BCUT2D eigenvalue weighted by Crippen LogP contribution is -2.48. The maximum absolute atomic E-state index is 12.6. The summed E-state index contributed by atoms with van der Waals surface area (Å²) in [6, 6.07) is 7.98. The number of pyridine rings is 1. The minimum atomic E-state index is 0.132. The fourth-order valence-corrected chi connectivity index (χ4v) is 3.39. The Hall–Kier alpha value is -2.14. The summed E-state index contributed by atoms with van der Waals surface area (Å²) in [4.78, 5) is 21.1. The van der Waals surface area contributed by atoms with Gasteiger partial charge in [-0.2, -0.15) is 0 Å². The molecule has 2 aliphatic rings. The molecule has 2 aromatic rings. The van der Waals surface area contributed by atoms with Gasteiger partial charge in [-0.25, -0.2) is 0 Å². The van der Waals surface area contributed by atoms with E-state index in [4.69, 9.17) is 4.42 Å². The van der Waals surface area contributed by atoms with Crippen LogP contribution in [0.5, 0.6) is 0 Å². The fraction of sp³-hybridized carbons (Fsp3) is 0.444. The molecule has 2 atom stereocenters. The zero-order chi connectivity index (χ0) is 15.6. The predicted molar refractivity (Wildman–Crippen MR) is 85.7 cm³/mol. The highest BCUT2D eigenvalue weighted by molar-refractivity contribution is 5.83. The lowest BCUT2D eigenvalue weighted by Gasteiger charge is -2.35. The molecule has 1 saturated carbocycles. The van der Waals surface area contributed by atoms with Crippen molar-refractivity contribution in [2.45, 2.75) is 18.9 Å². The molecule has 0 radical (unpaired) electrons. The quantitative estimate of drug-likeness (QED) is 0.868. The van der Waals surface area contributed by atoms with Crippen molar-refractivity contribution in [3.05, 3.63) is 54.2 Å². The molecule has 23 heavy (non-hydrogen) atoms. The molecule has 0 N–H and O–H groups in total. The van der Waals surface area contributed by atoms with Crippen molar-refractivity contribution in [1.29, 1.82) is 0 Å². The fourth-order valence-electron chi connectivity index (χ4n) is 3.39. The molecule has 4 rings (SSSR count). The number of furan rings is 1. The van der Waals surface area contributed by atoms with E-state index >= 15 is 0 Å². The van der Waals surface area contributed by atoms with Crippen molar-refractivity contribution in [3.8, 4) is 0 Å². The number of amides is 1. The third kappa shape index (κ3) is 3.15. The molecule has 1 aliphatic carbocycles. The number of hydrogen-bond donors (Lipinski definition) is 0. The van der Waals surface area contributed by atoms with Gasteiger partial charge in [0.1, 0.15) is 5.76 Å². The molecule has 0 spiro atoms. The van der Waals surface area contributed by atoms with E-state index < -0.39 is 0 Å². The van der Waals surface area contributed by atoms with E-state index in [9.17, 15) is 4.79 Å². The molecule has 3 heterocycles. The highest BCUT2D eigenvalue weighted by Gasteiger charge is 2.47. The van der Waals surface area contributed by atoms with E-state index in [0.29, 0.717) is 11.8 Å². The minimum absolute atomic E-state index is 0.132. The van der Waals surface area contributed by atoms with Gasteiger partial charge in [0, 0.05) is 57.0 Å². The van der Waals surface area contributed by atoms with Crippen molar-refractivity contribution < 1.29 is 9.21 Å². The van der Waals surface area contributed by atoms with Crippen LogP contribution in [-0.2, 0) is 11.3 Å². The number of aromatic nitrogens is 1. The van der Waals surface area contributed by atoms with Crippen molar-refractivity contribution >= 4 is 5.91 Å². The van der Waals surface area contributed by atoms with Crippen molar-refractivity contribution in [2.24, 2.45) is 5.92 Å². The second-order valence-electron chi connectivity index (χ2n) is 6.42. The first-order chi connectivity index (χ1) is 11.3. The first kappa shape index (κ1) is 14.5. The van der Waals surface area contributed by atoms with Crippen LogP contribution >= 0.6 is 0 Å². The van der Waals surface area contributed by atoms with Gasteiger partial charge in [-0.05, 0) is 36.2 Å². The van der Waals surface area contributed by atoms with Crippen molar-refractivity contribution in [3.63, 3.8) is 0 Å². The zero-order valence-electron chi connectivity index (χ0n) is 13.1. The highest BCUT2D eigenvalue weighted by Crippen LogP contribution is 2.48. The van der Waals surface area contributed by atoms with E-state index in [-0.39, 0.29) is 5.92 Å². The summed E-state index contributed by atoms with van der Waals surface area (Å²) in [5, 5.41) is 0. The molecule has 0 unspecified atom stereocenters. The topological polar surface area (TPSA) is 49.6 Å². The summed E-state index contributed by atoms with van der Waals surface area (Å²) in [5.41, 5.74) is 1.28. The molecule has 120 valence electrons. The van der Waals surface area contributed by atoms with Crippen LogP contribution in [0.25, 0.3) is 0 Å². The summed E-state index contributed by atoms with van der Waals surface area (Å²) in [6.45, 7) is 4.46. The molecule has 1 amide bonds. The Labute approximate surface area is 135 Å². The van der Waals surface area contributed by atoms with Gasteiger partial charge in [-0.15, -0.1) is 0 Å². The Morgan fingerprint density at radius 1 is 1.17 bits per heavy atom. The number of piperazine rings is 1. The van der Waals surface area contributed by atoms with Crippen LogP contribution in [-0.4, -0.2) is 46.9 Å². The molecule has 5 nitrogen and oxygen atoms in total. The third-order valence-corrected chi connectivity index (χ3v) is 4.86. The molecule has 0 aromatic carbocycles. The Bertz CT molecular complexity index is 648. The molecule has 2 fully saturated rings. The SMILES string of the molecule is O=C([C@@H]1C[C@H]1c1ccco1)N1CCN(Cc2ccncc2)CC1. The van der Waals surface area contributed by atoms with Crippen LogP contribution in [0.1, 0.15) is 23.7 Å². The van der Waals surface area contributed by atoms with Crippen LogP contribution in [0.3, 0.4) is 0 Å². The molecular formula is C18H21N3O2. The number of nitrogens with zero attached hydrogens (tertiary/aromatic N) is 3. The van der Waals surface area contributed by atoms with E-state index in [1.54, 1.807) is 6.26 Å². The maximum atomic E-state index is 12.6. The van der Waals surface area contributed by atoms with Gasteiger partial charge >= 0.3 is 0 Å². The van der Waals surface area contributed by atoms with Gasteiger partial charge in [-0.1, -0.05) is 0 Å². The number of hydrogen-bond acceptors (Lipinski definition) is 4. The first-order valence-corrected chi connectivity index (χ1v) is 8.25. The summed E-state index contributed by atoms with van der Waals surface area (Å²) in [6.07, 6.45) is 6.28. The van der Waals surface area contributed by atoms with Crippen molar-refractivity contribution in [2.75, 3.05) is 26.2 Å². The normalized spacial score (nSPS) is 24.6. The summed E-state index contributed by atoms with van der Waals surface area (Å²) >= 11 is 0. The molecular weight excluding hydrogens is 290 g/mol. The minimum Gasteiger partial charge on any atom is -0.469 e. The lowest BCUT2D eigenvalue weighted by atomic mass is 10.2. The van der Waals surface area contributed by atoms with E-state index in [2.05, 4.69) is 22.0 Å². The van der Waals surface area contributed by atoms with Gasteiger partial charge in [0.2, 0.25) is 5.91 Å². The predicted octanol–water partition coefficient (Wildman–Crippen LogP) is 2.12. The lowest BCUT2D eigenvalue weighted by molar-refractivity contribution is -0.134. The number of carbonyl (C=O) groups is 1. The Morgan fingerprint density at radius 2 is 1.96 bits per heavy atom. The van der Waals surface area contributed by atoms with Crippen LogP contribution in [0, 0.1) is 5.92 Å².